The Morgan fingerprint density at radius 1 is 1.02 bits per heavy atom. The van der Waals surface area contributed by atoms with Crippen molar-refractivity contribution in [3.8, 4) is 5.75 Å². The van der Waals surface area contributed by atoms with Crippen molar-refractivity contribution >= 4 is 34.5 Å². The van der Waals surface area contributed by atoms with Crippen molar-refractivity contribution in [2.75, 3.05) is 11.5 Å². The van der Waals surface area contributed by atoms with Gasteiger partial charge in [-0.3, -0.25) is 14.5 Å². The number of phenols is 1. The van der Waals surface area contributed by atoms with Crippen LogP contribution in [0, 0.1) is 0 Å². The highest BCUT2D eigenvalue weighted by Crippen LogP contribution is 2.31. The first-order valence-electron chi connectivity index (χ1n) is 13.1. The van der Waals surface area contributed by atoms with Gasteiger partial charge >= 0.3 is 5.97 Å². The van der Waals surface area contributed by atoms with Crippen molar-refractivity contribution in [2.24, 2.45) is 0 Å². The summed E-state index contributed by atoms with van der Waals surface area (Å²) in [5.41, 5.74) is 1.76. The van der Waals surface area contributed by atoms with Crippen LogP contribution in [-0.2, 0) is 20.9 Å². The molecule has 1 aromatic heterocycles. The summed E-state index contributed by atoms with van der Waals surface area (Å²) >= 11 is 0. The average molecular weight is 544 g/mol. The standard InChI is InChI=1S/C30H33N5O5/c1-5-30(3,4)31-28(38)27(20-14-16-23(36)17-15-20)35(22-11-9-10-21(18-22)29(39)40-6-2)26(37)19-34-25-13-8-7-12-24(25)32-33-34/h7-18,27,36H,5-6,19H2,1-4H3,(H,31,38)/t27-/m0/s1. The molecule has 208 valence electrons. The maximum atomic E-state index is 14.2. The molecular formula is C30H33N5O5. The monoisotopic (exact) mass is 543 g/mol. The molecule has 0 unspecified atom stereocenters. The second-order valence-corrected chi connectivity index (χ2v) is 9.99. The van der Waals surface area contributed by atoms with E-state index >= 15 is 0 Å². The predicted octanol–water partition coefficient (Wildman–Crippen LogP) is 4.39. The van der Waals surface area contributed by atoms with E-state index in [0.717, 1.165) is 0 Å². The smallest absolute Gasteiger partial charge is 0.338 e. The Labute approximate surface area is 232 Å². The summed E-state index contributed by atoms with van der Waals surface area (Å²) in [6.07, 6.45) is 0.651. The number of rotatable bonds is 10. The number of nitrogens with zero attached hydrogens (tertiary/aromatic N) is 4. The van der Waals surface area contributed by atoms with Crippen molar-refractivity contribution in [2.45, 2.75) is 52.2 Å². The van der Waals surface area contributed by atoms with Crippen LogP contribution in [0.4, 0.5) is 5.69 Å². The maximum Gasteiger partial charge on any atom is 0.338 e. The van der Waals surface area contributed by atoms with Gasteiger partial charge in [0.05, 0.1) is 17.7 Å². The van der Waals surface area contributed by atoms with E-state index in [1.807, 2.05) is 39.0 Å². The number of fused-ring (bicyclic) bond motifs is 1. The first-order valence-corrected chi connectivity index (χ1v) is 13.1. The molecule has 3 aromatic carbocycles. The van der Waals surface area contributed by atoms with Gasteiger partial charge in [-0.2, -0.15) is 0 Å². The van der Waals surface area contributed by atoms with E-state index in [2.05, 4.69) is 15.6 Å². The fourth-order valence-electron chi connectivity index (χ4n) is 4.24. The molecule has 1 atom stereocenters. The number of para-hydroxylation sites is 1. The number of amides is 2. The molecule has 2 N–H and O–H groups in total. The number of anilines is 1. The van der Waals surface area contributed by atoms with Crippen LogP contribution in [0.5, 0.6) is 5.75 Å². The second kappa shape index (κ2) is 12.0. The van der Waals surface area contributed by atoms with Crippen LogP contribution < -0.4 is 10.2 Å². The summed E-state index contributed by atoms with van der Waals surface area (Å²) in [6.45, 7) is 7.43. The molecule has 4 aromatic rings. The number of ether oxygens (including phenoxy) is 1. The Morgan fingerprint density at radius 3 is 2.45 bits per heavy atom. The summed E-state index contributed by atoms with van der Waals surface area (Å²) in [7, 11) is 0. The average Bonchev–Trinajstić information content (AvgIpc) is 3.34. The van der Waals surface area contributed by atoms with E-state index in [1.54, 1.807) is 43.3 Å². The van der Waals surface area contributed by atoms with Crippen molar-refractivity contribution in [1.29, 1.82) is 0 Å². The second-order valence-electron chi connectivity index (χ2n) is 9.99. The quantitative estimate of drug-likeness (QED) is 0.284. The first-order chi connectivity index (χ1) is 19.1. The van der Waals surface area contributed by atoms with Gasteiger partial charge in [-0.05, 0) is 75.2 Å². The van der Waals surface area contributed by atoms with Gasteiger partial charge in [0.1, 0.15) is 23.9 Å². The highest BCUT2D eigenvalue weighted by atomic mass is 16.5. The number of hydrogen-bond donors (Lipinski definition) is 2. The van der Waals surface area contributed by atoms with Gasteiger partial charge < -0.3 is 15.2 Å². The van der Waals surface area contributed by atoms with Crippen LogP contribution in [0.3, 0.4) is 0 Å². The molecule has 1 heterocycles. The van der Waals surface area contributed by atoms with Crippen molar-refractivity contribution in [3.63, 3.8) is 0 Å². The number of esters is 1. The largest absolute Gasteiger partial charge is 0.508 e. The number of nitrogens with one attached hydrogen (secondary N) is 1. The molecule has 0 aliphatic carbocycles. The number of carbonyl (C=O) groups is 3. The summed E-state index contributed by atoms with van der Waals surface area (Å²) in [5.74, 6) is -1.40. The number of aromatic hydroxyl groups is 1. The lowest BCUT2D eigenvalue weighted by Crippen LogP contribution is -2.51. The summed E-state index contributed by atoms with van der Waals surface area (Å²) < 4.78 is 6.64. The van der Waals surface area contributed by atoms with E-state index in [0.29, 0.717) is 28.7 Å². The number of phenolic OH excluding ortho intramolecular Hbond substituents is 1. The van der Waals surface area contributed by atoms with E-state index in [4.69, 9.17) is 4.74 Å². The Balaban J connectivity index is 1.85. The molecule has 0 spiro atoms. The van der Waals surface area contributed by atoms with Crippen molar-refractivity contribution in [1.82, 2.24) is 20.3 Å². The van der Waals surface area contributed by atoms with Crippen LogP contribution in [0.25, 0.3) is 11.0 Å². The molecule has 10 heteroatoms. The topological polar surface area (TPSA) is 127 Å². The molecule has 0 saturated carbocycles. The number of benzene rings is 3. The highest BCUT2D eigenvalue weighted by Gasteiger charge is 2.35. The van der Waals surface area contributed by atoms with Crippen LogP contribution in [0.15, 0.2) is 72.8 Å². The van der Waals surface area contributed by atoms with Crippen LogP contribution in [-0.4, -0.2) is 50.0 Å². The first kappa shape index (κ1) is 28.3. The lowest BCUT2D eigenvalue weighted by atomic mass is 9.98. The Bertz CT molecular complexity index is 1510. The minimum Gasteiger partial charge on any atom is -0.508 e. The minimum absolute atomic E-state index is 0.0214. The fourth-order valence-corrected chi connectivity index (χ4v) is 4.24. The summed E-state index contributed by atoms with van der Waals surface area (Å²) in [5, 5.41) is 21.3. The zero-order chi connectivity index (χ0) is 28.9. The third-order valence-electron chi connectivity index (χ3n) is 6.67. The molecule has 10 nitrogen and oxygen atoms in total. The molecule has 0 radical (unpaired) electrons. The predicted molar refractivity (Wildman–Crippen MR) is 151 cm³/mol. The molecule has 4 rings (SSSR count). The van der Waals surface area contributed by atoms with Gasteiger partial charge in [0.25, 0.3) is 0 Å². The van der Waals surface area contributed by atoms with Crippen LogP contribution in [0.1, 0.15) is 56.1 Å². The van der Waals surface area contributed by atoms with E-state index < -0.39 is 29.4 Å². The zero-order valence-corrected chi connectivity index (χ0v) is 23.0. The van der Waals surface area contributed by atoms with Crippen LogP contribution in [0.2, 0.25) is 0 Å². The molecule has 0 aliphatic heterocycles. The molecule has 40 heavy (non-hydrogen) atoms. The molecule has 0 saturated heterocycles. The number of carbonyl (C=O) groups excluding carboxylic acids is 3. The Hall–Kier alpha value is -4.73. The van der Waals surface area contributed by atoms with Crippen molar-refractivity contribution < 1.29 is 24.2 Å². The number of hydrogen-bond acceptors (Lipinski definition) is 7. The number of aromatic nitrogens is 3. The van der Waals surface area contributed by atoms with Crippen LogP contribution >= 0.6 is 0 Å². The molecule has 0 fully saturated rings. The third kappa shape index (κ3) is 6.28. The maximum absolute atomic E-state index is 14.2. The molecule has 2 amide bonds. The lowest BCUT2D eigenvalue weighted by molar-refractivity contribution is -0.128. The third-order valence-corrected chi connectivity index (χ3v) is 6.67. The summed E-state index contributed by atoms with van der Waals surface area (Å²) in [6, 6.07) is 18.7. The molecular weight excluding hydrogens is 510 g/mol. The van der Waals surface area contributed by atoms with E-state index in [9.17, 15) is 19.5 Å². The lowest BCUT2D eigenvalue weighted by Gasteiger charge is -2.34. The van der Waals surface area contributed by atoms with Gasteiger partial charge in [0, 0.05) is 11.2 Å². The van der Waals surface area contributed by atoms with E-state index in [-0.39, 0.29) is 24.5 Å². The van der Waals surface area contributed by atoms with Gasteiger partial charge in [0.2, 0.25) is 11.8 Å². The summed E-state index contributed by atoms with van der Waals surface area (Å²) in [4.78, 5) is 42.1. The Kier molecular flexibility index (Phi) is 8.47. The van der Waals surface area contributed by atoms with Gasteiger partial charge in [-0.25, -0.2) is 9.48 Å². The zero-order valence-electron chi connectivity index (χ0n) is 23.0. The fraction of sp³-hybridized carbons (Fsp3) is 0.300. The van der Waals surface area contributed by atoms with Gasteiger partial charge in [-0.1, -0.05) is 42.5 Å². The van der Waals surface area contributed by atoms with Gasteiger partial charge in [0.15, 0.2) is 0 Å². The van der Waals surface area contributed by atoms with Gasteiger partial charge in [-0.15, -0.1) is 5.10 Å². The molecule has 0 bridgehead atoms. The van der Waals surface area contributed by atoms with Crippen molar-refractivity contribution in [3.05, 3.63) is 83.9 Å². The highest BCUT2D eigenvalue weighted by molar-refractivity contribution is 6.02. The minimum atomic E-state index is -1.13. The Morgan fingerprint density at radius 2 is 1.75 bits per heavy atom. The normalized spacial score (nSPS) is 12.1. The molecule has 0 aliphatic rings. The van der Waals surface area contributed by atoms with E-state index in [1.165, 1.54) is 27.8 Å². The SMILES string of the molecule is CCOC(=O)c1cccc(N(C(=O)Cn2nnc3ccccc32)[C@H](C(=O)NC(C)(C)CC)c2ccc(O)cc2)c1.